The van der Waals surface area contributed by atoms with Crippen LogP contribution in [0.25, 0.3) is 10.2 Å². The van der Waals surface area contributed by atoms with Crippen LogP contribution < -0.4 is 5.32 Å². The number of thiazole rings is 1. The van der Waals surface area contributed by atoms with Gasteiger partial charge in [0.15, 0.2) is 5.13 Å². The van der Waals surface area contributed by atoms with Gasteiger partial charge in [-0.05, 0) is 31.0 Å². The van der Waals surface area contributed by atoms with Crippen molar-refractivity contribution in [3.8, 4) is 0 Å². The summed E-state index contributed by atoms with van der Waals surface area (Å²) in [6.07, 6.45) is 8.08. The van der Waals surface area contributed by atoms with Crippen molar-refractivity contribution in [2.24, 2.45) is 0 Å². The lowest BCUT2D eigenvalue weighted by molar-refractivity contribution is 0.620. The second-order valence-corrected chi connectivity index (χ2v) is 6.91. The van der Waals surface area contributed by atoms with Crippen LogP contribution in [0.2, 0.25) is 0 Å². The van der Waals surface area contributed by atoms with E-state index in [1.807, 2.05) is 0 Å². The van der Waals surface area contributed by atoms with Crippen LogP contribution in [-0.2, 0) is 0 Å². The summed E-state index contributed by atoms with van der Waals surface area (Å²) in [6.45, 7) is 0. The van der Waals surface area contributed by atoms with Gasteiger partial charge in [-0.25, -0.2) is 4.98 Å². The maximum Gasteiger partial charge on any atom is 0.184 e. The first kappa shape index (κ1) is 12.4. The Morgan fingerprint density at radius 1 is 1.17 bits per heavy atom. The SMILES string of the molecule is Brc1ccc2sc(NC3CCCCCC3)nc2c1. The number of hydrogen-bond acceptors (Lipinski definition) is 3. The third-order valence-electron chi connectivity index (χ3n) is 3.53. The van der Waals surface area contributed by atoms with Crippen LogP contribution in [0.15, 0.2) is 22.7 Å². The highest BCUT2D eigenvalue weighted by Crippen LogP contribution is 2.30. The molecule has 0 unspecified atom stereocenters. The van der Waals surface area contributed by atoms with Gasteiger partial charge in [-0.1, -0.05) is 53.0 Å². The van der Waals surface area contributed by atoms with Crippen molar-refractivity contribution in [1.82, 2.24) is 4.98 Å². The van der Waals surface area contributed by atoms with Gasteiger partial charge in [0.2, 0.25) is 0 Å². The highest BCUT2D eigenvalue weighted by atomic mass is 79.9. The van der Waals surface area contributed by atoms with E-state index in [1.54, 1.807) is 11.3 Å². The molecule has 0 spiro atoms. The van der Waals surface area contributed by atoms with Crippen LogP contribution in [0, 0.1) is 0 Å². The van der Waals surface area contributed by atoms with Gasteiger partial charge in [-0.2, -0.15) is 0 Å². The van der Waals surface area contributed by atoms with Gasteiger partial charge in [0, 0.05) is 10.5 Å². The zero-order chi connectivity index (χ0) is 12.4. The molecular formula is C14H17BrN2S. The lowest BCUT2D eigenvalue weighted by atomic mass is 10.1. The molecule has 1 heterocycles. The van der Waals surface area contributed by atoms with E-state index in [1.165, 1.54) is 43.2 Å². The van der Waals surface area contributed by atoms with Crippen molar-refractivity contribution in [2.45, 2.75) is 44.6 Å². The number of aromatic nitrogens is 1. The van der Waals surface area contributed by atoms with Crippen molar-refractivity contribution >= 4 is 42.6 Å². The number of benzene rings is 1. The van der Waals surface area contributed by atoms with Crippen molar-refractivity contribution in [2.75, 3.05) is 5.32 Å². The average molecular weight is 325 g/mol. The predicted octanol–water partition coefficient (Wildman–Crippen LogP) is 5.19. The lowest BCUT2D eigenvalue weighted by Gasteiger charge is -2.14. The first-order valence-corrected chi connectivity index (χ1v) is 8.25. The van der Waals surface area contributed by atoms with E-state index in [0.29, 0.717) is 6.04 Å². The molecule has 1 fully saturated rings. The molecule has 0 bridgehead atoms. The zero-order valence-electron chi connectivity index (χ0n) is 10.3. The smallest absolute Gasteiger partial charge is 0.184 e. The van der Waals surface area contributed by atoms with E-state index in [0.717, 1.165) is 15.1 Å². The summed E-state index contributed by atoms with van der Waals surface area (Å²) in [4.78, 5) is 4.68. The topological polar surface area (TPSA) is 24.9 Å². The molecule has 2 aromatic rings. The largest absolute Gasteiger partial charge is 0.359 e. The van der Waals surface area contributed by atoms with Crippen LogP contribution >= 0.6 is 27.3 Å². The van der Waals surface area contributed by atoms with Crippen LogP contribution in [0.3, 0.4) is 0 Å². The monoisotopic (exact) mass is 324 g/mol. The van der Waals surface area contributed by atoms with Crippen LogP contribution in [0.4, 0.5) is 5.13 Å². The van der Waals surface area contributed by atoms with Gasteiger partial charge in [-0.3, -0.25) is 0 Å². The molecule has 4 heteroatoms. The first-order chi connectivity index (χ1) is 8.81. The Balaban J connectivity index is 1.77. The molecule has 2 nitrogen and oxygen atoms in total. The number of halogens is 1. The molecule has 0 saturated heterocycles. The molecule has 1 aliphatic rings. The molecule has 18 heavy (non-hydrogen) atoms. The summed E-state index contributed by atoms with van der Waals surface area (Å²) in [5, 5.41) is 4.70. The average Bonchev–Trinajstić information content (AvgIpc) is 2.57. The second-order valence-electron chi connectivity index (χ2n) is 4.96. The molecule has 96 valence electrons. The minimum absolute atomic E-state index is 0.622. The van der Waals surface area contributed by atoms with Gasteiger partial charge in [-0.15, -0.1) is 0 Å². The molecule has 0 radical (unpaired) electrons. The molecule has 3 rings (SSSR count). The number of rotatable bonds is 2. The Morgan fingerprint density at radius 2 is 1.94 bits per heavy atom. The Labute approximate surface area is 120 Å². The second kappa shape index (κ2) is 5.57. The van der Waals surface area contributed by atoms with Crippen molar-refractivity contribution in [1.29, 1.82) is 0 Å². The number of hydrogen-bond donors (Lipinski definition) is 1. The van der Waals surface area contributed by atoms with Crippen LogP contribution in [0.1, 0.15) is 38.5 Å². The van der Waals surface area contributed by atoms with Gasteiger partial charge in [0.1, 0.15) is 0 Å². The summed E-state index contributed by atoms with van der Waals surface area (Å²) in [5.41, 5.74) is 1.09. The van der Waals surface area contributed by atoms with E-state index in [4.69, 9.17) is 0 Å². The lowest BCUT2D eigenvalue weighted by Crippen LogP contribution is -2.17. The standard InChI is InChI=1S/C14H17BrN2S/c15-10-7-8-13-12(9-10)17-14(18-13)16-11-5-3-1-2-4-6-11/h7-9,11H,1-6H2,(H,16,17). The quantitative estimate of drug-likeness (QED) is 0.768. The Hall–Kier alpha value is -0.610. The normalized spacial score (nSPS) is 17.8. The van der Waals surface area contributed by atoms with Gasteiger partial charge >= 0.3 is 0 Å². The zero-order valence-corrected chi connectivity index (χ0v) is 12.7. The highest BCUT2D eigenvalue weighted by Gasteiger charge is 2.13. The predicted molar refractivity (Wildman–Crippen MR) is 82.4 cm³/mol. The van der Waals surface area contributed by atoms with Crippen LogP contribution in [0.5, 0.6) is 0 Å². The molecule has 0 atom stereocenters. The molecule has 1 aliphatic carbocycles. The fraction of sp³-hybridized carbons (Fsp3) is 0.500. The first-order valence-electron chi connectivity index (χ1n) is 6.64. The summed E-state index contributed by atoms with van der Waals surface area (Å²) in [5.74, 6) is 0. The molecule has 1 saturated carbocycles. The van der Waals surface area contributed by atoms with Gasteiger partial charge < -0.3 is 5.32 Å². The van der Waals surface area contributed by atoms with E-state index in [9.17, 15) is 0 Å². The molecular weight excluding hydrogens is 308 g/mol. The van der Waals surface area contributed by atoms with E-state index >= 15 is 0 Å². The summed E-state index contributed by atoms with van der Waals surface area (Å²) >= 11 is 5.26. The minimum Gasteiger partial charge on any atom is -0.359 e. The molecule has 0 aliphatic heterocycles. The van der Waals surface area contributed by atoms with E-state index < -0.39 is 0 Å². The molecule has 1 aromatic heterocycles. The fourth-order valence-corrected chi connectivity index (χ4v) is 3.83. The summed E-state index contributed by atoms with van der Waals surface area (Å²) in [6, 6.07) is 6.92. The number of fused-ring (bicyclic) bond motifs is 1. The number of nitrogens with zero attached hydrogens (tertiary/aromatic N) is 1. The third kappa shape index (κ3) is 2.86. The Morgan fingerprint density at radius 3 is 2.72 bits per heavy atom. The highest BCUT2D eigenvalue weighted by molar-refractivity contribution is 9.10. The third-order valence-corrected chi connectivity index (χ3v) is 4.99. The fourth-order valence-electron chi connectivity index (χ4n) is 2.56. The maximum absolute atomic E-state index is 4.68. The maximum atomic E-state index is 4.68. The van der Waals surface area contributed by atoms with Crippen molar-refractivity contribution < 1.29 is 0 Å². The van der Waals surface area contributed by atoms with E-state index in [2.05, 4.69) is 44.4 Å². The summed E-state index contributed by atoms with van der Waals surface area (Å²) in [7, 11) is 0. The number of nitrogens with one attached hydrogen (secondary N) is 1. The van der Waals surface area contributed by atoms with Crippen molar-refractivity contribution in [3.05, 3.63) is 22.7 Å². The molecule has 1 N–H and O–H groups in total. The van der Waals surface area contributed by atoms with Crippen LogP contribution in [-0.4, -0.2) is 11.0 Å². The van der Waals surface area contributed by atoms with Gasteiger partial charge in [0.25, 0.3) is 0 Å². The molecule has 0 amide bonds. The Bertz CT molecular complexity index is 530. The van der Waals surface area contributed by atoms with Gasteiger partial charge in [0.05, 0.1) is 10.2 Å². The van der Waals surface area contributed by atoms with Crippen molar-refractivity contribution in [3.63, 3.8) is 0 Å². The minimum atomic E-state index is 0.622. The number of anilines is 1. The Kier molecular flexibility index (Phi) is 3.85. The summed E-state index contributed by atoms with van der Waals surface area (Å²) < 4.78 is 2.36. The van der Waals surface area contributed by atoms with E-state index in [-0.39, 0.29) is 0 Å². The molecule has 1 aromatic carbocycles.